The Kier molecular flexibility index (Phi) is 4.17. The van der Waals surface area contributed by atoms with Crippen molar-refractivity contribution in [1.29, 1.82) is 0 Å². The normalized spacial score (nSPS) is 18.6. The van der Waals surface area contributed by atoms with Gasteiger partial charge in [-0.3, -0.25) is 0 Å². The van der Waals surface area contributed by atoms with Gasteiger partial charge in [-0.1, -0.05) is 0 Å². The first-order valence-electron chi connectivity index (χ1n) is 8.44. The van der Waals surface area contributed by atoms with Crippen molar-refractivity contribution in [3.8, 4) is 0 Å². The van der Waals surface area contributed by atoms with Gasteiger partial charge in [-0.15, -0.1) is 0 Å². The topological polar surface area (TPSA) is 18.5 Å². The Morgan fingerprint density at radius 1 is 1.00 bits per heavy atom. The zero-order chi connectivity index (χ0) is 17.1. The van der Waals surface area contributed by atoms with Gasteiger partial charge in [0.15, 0.2) is 0 Å². The van der Waals surface area contributed by atoms with Crippen LogP contribution in [0.15, 0.2) is 24.3 Å². The maximum absolute atomic E-state index is 6.15. The second-order valence-electron chi connectivity index (χ2n) is 8.47. The molecule has 1 fully saturated rings. The molecule has 1 aliphatic rings. The van der Waals surface area contributed by atoms with Crippen molar-refractivity contribution in [2.24, 2.45) is 5.41 Å². The van der Waals surface area contributed by atoms with Gasteiger partial charge in [-0.25, -0.2) is 0 Å². The number of hydrogen-bond donors (Lipinski definition) is 0. The molecule has 0 spiro atoms. The van der Waals surface area contributed by atoms with Crippen molar-refractivity contribution in [2.45, 2.75) is 31.1 Å². The monoisotopic (exact) mass is 420 g/mol. The van der Waals surface area contributed by atoms with Crippen LogP contribution in [0.3, 0.4) is 0 Å². The van der Waals surface area contributed by atoms with Crippen LogP contribution in [0.4, 0.5) is 0 Å². The summed E-state index contributed by atoms with van der Waals surface area (Å²) in [6, 6.07) is 8.76. The zero-order valence-corrected chi connectivity index (χ0v) is 18.7. The van der Waals surface area contributed by atoms with E-state index in [0.29, 0.717) is 0 Å². The summed E-state index contributed by atoms with van der Waals surface area (Å²) in [7, 11) is -0.179. The zero-order valence-electron chi connectivity index (χ0n) is 14.9. The van der Waals surface area contributed by atoms with Crippen molar-refractivity contribution in [2.75, 3.05) is 13.2 Å². The van der Waals surface area contributed by atoms with E-state index in [4.69, 9.17) is 9.31 Å². The number of benzene rings is 1. The van der Waals surface area contributed by atoms with E-state index >= 15 is 0 Å². The van der Waals surface area contributed by atoms with Crippen molar-refractivity contribution < 1.29 is 9.31 Å². The molecule has 3 aromatic rings. The predicted octanol–water partition coefficient (Wildman–Crippen LogP) is 4.43. The Morgan fingerprint density at radius 2 is 1.67 bits per heavy atom. The van der Waals surface area contributed by atoms with Crippen LogP contribution < -0.4 is 9.17 Å². The number of rotatable bonds is 2. The molecule has 0 saturated carbocycles. The fourth-order valence-electron chi connectivity index (χ4n) is 3.28. The molecule has 24 heavy (non-hydrogen) atoms. The molecule has 0 unspecified atom stereocenters. The Balaban J connectivity index is 1.89. The van der Waals surface area contributed by atoms with Gasteiger partial charge in [0.1, 0.15) is 0 Å². The average molecular weight is 419 g/mol. The minimum absolute atomic E-state index is 0.112. The molecule has 0 amide bonds. The summed E-state index contributed by atoms with van der Waals surface area (Å²) in [6.07, 6.45) is 0. The van der Waals surface area contributed by atoms with E-state index in [1.165, 1.54) is 24.3 Å². The number of thiophene rings is 2. The molecular formula is C18H23BGeO2S2. The standard InChI is InChI=1S/C18H23BGeO2S2/c1-18(2)10-21-19(22-11-18)17-14(20(3,4)5)16-15(24-17)12-8-6-7-9-13(12)23-16/h6-9H,10-11H2,1-5H3. The van der Waals surface area contributed by atoms with Crippen molar-refractivity contribution in [1.82, 2.24) is 0 Å². The van der Waals surface area contributed by atoms with Gasteiger partial charge in [0.05, 0.1) is 0 Å². The molecule has 0 bridgehead atoms. The van der Waals surface area contributed by atoms with Crippen LogP contribution in [0.5, 0.6) is 0 Å². The van der Waals surface area contributed by atoms with Gasteiger partial charge in [0.25, 0.3) is 0 Å². The van der Waals surface area contributed by atoms with Crippen LogP contribution in [-0.2, 0) is 9.31 Å². The molecule has 0 N–H and O–H groups in total. The van der Waals surface area contributed by atoms with E-state index < -0.39 is 13.3 Å². The summed E-state index contributed by atoms with van der Waals surface area (Å²) in [5.74, 6) is 7.42. The molecular weight excluding hydrogens is 396 g/mol. The minimum atomic E-state index is -2.06. The van der Waals surface area contributed by atoms with Crippen LogP contribution in [0.2, 0.25) is 17.3 Å². The molecule has 2 aromatic heterocycles. The van der Waals surface area contributed by atoms with Gasteiger partial charge in [-0.2, -0.15) is 0 Å². The van der Waals surface area contributed by atoms with Crippen molar-refractivity contribution in [3.05, 3.63) is 24.3 Å². The maximum atomic E-state index is 6.15. The van der Waals surface area contributed by atoms with E-state index in [1.807, 2.05) is 22.7 Å². The fraction of sp³-hybridized carbons (Fsp3) is 0.444. The van der Waals surface area contributed by atoms with Crippen LogP contribution in [0.25, 0.3) is 19.5 Å². The first-order valence-corrected chi connectivity index (χ1v) is 17.4. The van der Waals surface area contributed by atoms with Gasteiger partial charge in [0, 0.05) is 0 Å². The summed E-state index contributed by atoms with van der Waals surface area (Å²) in [5, 5.41) is 1.39. The molecule has 0 atom stereocenters. The van der Waals surface area contributed by atoms with Gasteiger partial charge >= 0.3 is 155 Å². The van der Waals surface area contributed by atoms with Gasteiger partial charge in [-0.05, 0) is 0 Å². The second-order valence-corrected chi connectivity index (χ2v) is 21.1. The molecule has 0 radical (unpaired) electrons. The van der Waals surface area contributed by atoms with Crippen LogP contribution in [0, 0.1) is 5.41 Å². The fourth-order valence-corrected chi connectivity index (χ4v) is 13.4. The van der Waals surface area contributed by atoms with E-state index in [-0.39, 0.29) is 12.5 Å². The molecule has 1 aromatic carbocycles. The van der Waals surface area contributed by atoms with Crippen LogP contribution >= 0.6 is 22.7 Å². The quantitative estimate of drug-likeness (QED) is 0.573. The van der Waals surface area contributed by atoms with Crippen LogP contribution in [-0.4, -0.2) is 33.6 Å². The third-order valence-electron chi connectivity index (χ3n) is 4.45. The summed E-state index contributed by atoms with van der Waals surface area (Å²) >= 11 is 1.78. The van der Waals surface area contributed by atoms with E-state index in [9.17, 15) is 0 Å². The van der Waals surface area contributed by atoms with Crippen molar-refractivity contribution >= 4 is 71.7 Å². The van der Waals surface area contributed by atoms with E-state index in [2.05, 4.69) is 55.4 Å². The number of fused-ring (bicyclic) bond motifs is 3. The molecule has 1 aliphatic heterocycles. The number of hydrogen-bond acceptors (Lipinski definition) is 4. The van der Waals surface area contributed by atoms with Gasteiger partial charge in [0.2, 0.25) is 0 Å². The molecule has 126 valence electrons. The van der Waals surface area contributed by atoms with Crippen molar-refractivity contribution in [3.63, 3.8) is 0 Å². The molecule has 3 heterocycles. The second kappa shape index (κ2) is 5.85. The van der Waals surface area contributed by atoms with E-state index in [0.717, 1.165) is 13.2 Å². The van der Waals surface area contributed by atoms with Crippen LogP contribution in [0.1, 0.15) is 13.8 Å². The Bertz CT molecular complexity index is 897. The van der Waals surface area contributed by atoms with E-state index in [1.54, 1.807) is 4.40 Å². The molecule has 2 nitrogen and oxygen atoms in total. The molecule has 4 rings (SSSR count). The van der Waals surface area contributed by atoms with Gasteiger partial charge < -0.3 is 0 Å². The third-order valence-corrected chi connectivity index (χ3v) is 12.0. The first-order chi connectivity index (χ1) is 11.3. The molecule has 1 saturated heterocycles. The summed E-state index contributed by atoms with van der Waals surface area (Å²) in [5.41, 5.74) is 0.112. The SMILES string of the molecule is CC1(C)COB(c2sc3c(sc4ccccc43)[c]2[Ge]([CH3])([CH3])[CH3])OC1. The molecule has 6 heteroatoms. The Morgan fingerprint density at radius 3 is 2.33 bits per heavy atom. The third kappa shape index (κ3) is 2.88. The predicted molar refractivity (Wildman–Crippen MR) is 111 cm³/mol. The first kappa shape index (κ1) is 17.1. The Labute approximate surface area is 154 Å². The Hall–Kier alpha value is -0.332. The summed E-state index contributed by atoms with van der Waals surface area (Å²) in [4.78, 5) is 0. The molecule has 0 aliphatic carbocycles. The average Bonchev–Trinajstić information content (AvgIpc) is 3.02. The summed E-state index contributed by atoms with van der Waals surface area (Å²) < 4.78 is 19.5. The summed E-state index contributed by atoms with van der Waals surface area (Å²) in [6.45, 7) is 5.93.